The van der Waals surface area contributed by atoms with E-state index in [1.54, 1.807) is 7.11 Å². The fourth-order valence-corrected chi connectivity index (χ4v) is 3.35. The number of carbonyl (C=O) groups is 2. The smallest absolute Gasteiger partial charge is 0.303 e. The van der Waals surface area contributed by atoms with Gasteiger partial charge in [-0.25, -0.2) is 5.01 Å². The highest BCUT2D eigenvalue weighted by Gasteiger charge is 2.34. The number of hydrogen-bond donors (Lipinski definition) is 1. The molecule has 0 bridgehead atoms. The lowest BCUT2D eigenvalue weighted by Crippen LogP contribution is -2.27. The third kappa shape index (κ3) is 4.39. The Labute approximate surface area is 164 Å². The summed E-state index contributed by atoms with van der Waals surface area (Å²) in [6.07, 6.45) is 0.975. The van der Waals surface area contributed by atoms with Gasteiger partial charge in [0.15, 0.2) is 0 Å². The van der Waals surface area contributed by atoms with E-state index in [2.05, 4.69) is 5.10 Å². The number of carboxylic acid groups (broad SMARTS) is 1. The Balaban J connectivity index is 1.90. The molecule has 0 aliphatic carbocycles. The average molecular weight is 380 g/mol. The number of nitrogens with zero attached hydrogens (tertiary/aromatic N) is 2. The number of rotatable bonds is 7. The number of hydrogen-bond acceptors (Lipinski definition) is 4. The number of ether oxygens (including phenoxy) is 1. The van der Waals surface area contributed by atoms with E-state index >= 15 is 0 Å². The van der Waals surface area contributed by atoms with Crippen LogP contribution >= 0.6 is 0 Å². The number of hydrazone groups is 1. The van der Waals surface area contributed by atoms with E-state index in [9.17, 15) is 9.59 Å². The molecule has 1 N–H and O–H groups in total. The highest BCUT2D eigenvalue weighted by Crippen LogP contribution is 2.37. The minimum atomic E-state index is -0.903. The lowest BCUT2D eigenvalue weighted by Gasteiger charge is -2.23. The molecule has 0 spiro atoms. The summed E-state index contributed by atoms with van der Waals surface area (Å²) in [5, 5.41) is 14.9. The van der Waals surface area contributed by atoms with Crippen molar-refractivity contribution in [1.29, 1.82) is 0 Å². The maximum Gasteiger partial charge on any atom is 0.303 e. The third-order valence-electron chi connectivity index (χ3n) is 4.83. The SMILES string of the molecule is COc1ccccc1[C@@H]1CC(c2ccc(C)cc2)=NN1C(=O)CCCC(=O)O. The van der Waals surface area contributed by atoms with E-state index in [1.807, 2.05) is 55.5 Å². The summed E-state index contributed by atoms with van der Waals surface area (Å²) in [7, 11) is 1.61. The van der Waals surface area contributed by atoms with Crippen LogP contribution in [0, 0.1) is 6.92 Å². The Morgan fingerprint density at radius 2 is 1.86 bits per heavy atom. The van der Waals surface area contributed by atoms with Crippen LogP contribution in [-0.2, 0) is 9.59 Å². The molecule has 1 atom stereocenters. The molecule has 2 aromatic rings. The van der Waals surface area contributed by atoms with Crippen LogP contribution in [0.25, 0.3) is 0 Å². The molecule has 0 aromatic heterocycles. The van der Waals surface area contributed by atoms with E-state index in [-0.39, 0.29) is 24.8 Å². The molecule has 28 heavy (non-hydrogen) atoms. The molecule has 0 fully saturated rings. The summed E-state index contributed by atoms with van der Waals surface area (Å²) in [6.45, 7) is 2.02. The molecule has 1 amide bonds. The van der Waals surface area contributed by atoms with Crippen LogP contribution in [0.2, 0.25) is 0 Å². The molecular weight excluding hydrogens is 356 g/mol. The van der Waals surface area contributed by atoms with Gasteiger partial charge in [-0.05, 0) is 25.0 Å². The summed E-state index contributed by atoms with van der Waals surface area (Å²) in [5.74, 6) is -0.380. The zero-order chi connectivity index (χ0) is 20.1. The predicted octanol–water partition coefficient (Wildman–Crippen LogP) is 3.94. The highest BCUT2D eigenvalue weighted by molar-refractivity contribution is 6.03. The van der Waals surface area contributed by atoms with Gasteiger partial charge >= 0.3 is 5.97 Å². The number of amides is 1. The van der Waals surface area contributed by atoms with Crippen LogP contribution in [-0.4, -0.2) is 34.8 Å². The Morgan fingerprint density at radius 1 is 1.14 bits per heavy atom. The maximum absolute atomic E-state index is 12.8. The molecule has 1 heterocycles. The summed E-state index contributed by atoms with van der Waals surface area (Å²) in [6, 6.07) is 15.4. The zero-order valence-electron chi connectivity index (χ0n) is 16.1. The van der Waals surface area contributed by atoms with E-state index in [0.29, 0.717) is 18.6 Å². The average Bonchev–Trinajstić information content (AvgIpc) is 3.13. The van der Waals surface area contributed by atoms with Gasteiger partial charge in [-0.1, -0.05) is 48.0 Å². The largest absolute Gasteiger partial charge is 0.496 e. The lowest BCUT2D eigenvalue weighted by atomic mass is 9.97. The van der Waals surface area contributed by atoms with Gasteiger partial charge in [-0.15, -0.1) is 0 Å². The molecule has 1 aliphatic heterocycles. The fourth-order valence-electron chi connectivity index (χ4n) is 3.35. The quantitative estimate of drug-likeness (QED) is 0.789. The normalized spacial score (nSPS) is 16.0. The number of aliphatic carboxylic acids is 1. The van der Waals surface area contributed by atoms with E-state index < -0.39 is 5.97 Å². The monoisotopic (exact) mass is 380 g/mol. The minimum absolute atomic E-state index is 0.0343. The number of para-hydroxylation sites is 1. The van der Waals surface area contributed by atoms with Gasteiger partial charge < -0.3 is 9.84 Å². The van der Waals surface area contributed by atoms with Crippen molar-refractivity contribution in [2.75, 3.05) is 7.11 Å². The summed E-state index contributed by atoms with van der Waals surface area (Å²) >= 11 is 0. The topological polar surface area (TPSA) is 79.2 Å². The molecule has 146 valence electrons. The molecular formula is C22H24N2O4. The van der Waals surface area contributed by atoms with Crippen molar-refractivity contribution in [3.05, 3.63) is 65.2 Å². The predicted molar refractivity (Wildman–Crippen MR) is 106 cm³/mol. The number of methoxy groups -OCH3 is 1. The van der Waals surface area contributed by atoms with Crippen LogP contribution in [0.15, 0.2) is 53.6 Å². The Bertz CT molecular complexity index is 890. The third-order valence-corrected chi connectivity index (χ3v) is 4.83. The number of benzene rings is 2. The Kier molecular flexibility index (Phi) is 6.09. The summed E-state index contributed by atoms with van der Waals surface area (Å²) in [4.78, 5) is 23.6. The van der Waals surface area contributed by atoms with Gasteiger partial charge in [0.25, 0.3) is 0 Å². The van der Waals surface area contributed by atoms with Gasteiger partial charge in [0.2, 0.25) is 5.91 Å². The van der Waals surface area contributed by atoms with Crippen molar-refractivity contribution in [2.24, 2.45) is 5.10 Å². The van der Waals surface area contributed by atoms with Gasteiger partial charge in [-0.2, -0.15) is 5.10 Å². The second-order valence-electron chi connectivity index (χ2n) is 6.86. The molecule has 3 rings (SSSR count). The zero-order valence-corrected chi connectivity index (χ0v) is 16.1. The minimum Gasteiger partial charge on any atom is -0.496 e. The second-order valence-corrected chi connectivity index (χ2v) is 6.86. The van der Waals surface area contributed by atoms with E-state index in [0.717, 1.165) is 22.4 Å². The van der Waals surface area contributed by atoms with Crippen LogP contribution in [0.5, 0.6) is 5.75 Å². The maximum atomic E-state index is 12.8. The molecule has 6 nitrogen and oxygen atoms in total. The molecule has 1 aliphatic rings. The lowest BCUT2D eigenvalue weighted by molar-refractivity contribution is -0.137. The van der Waals surface area contributed by atoms with Gasteiger partial charge in [0, 0.05) is 24.8 Å². The van der Waals surface area contributed by atoms with Crippen molar-refractivity contribution in [2.45, 2.75) is 38.6 Å². The van der Waals surface area contributed by atoms with Gasteiger partial charge in [0.05, 0.1) is 18.9 Å². The number of carbonyl (C=O) groups excluding carboxylic acids is 1. The van der Waals surface area contributed by atoms with Crippen molar-refractivity contribution in [1.82, 2.24) is 5.01 Å². The van der Waals surface area contributed by atoms with Gasteiger partial charge in [-0.3, -0.25) is 9.59 Å². The van der Waals surface area contributed by atoms with Crippen LogP contribution in [0.4, 0.5) is 0 Å². The summed E-state index contributed by atoms with van der Waals surface area (Å²) in [5.41, 5.74) is 3.86. The highest BCUT2D eigenvalue weighted by atomic mass is 16.5. The first-order valence-corrected chi connectivity index (χ1v) is 9.31. The first-order chi connectivity index (χ1) is 13.5. The van der Waals surface area contributed by atoms with Crippen molar-refractivity contribution in [3.63, 3.8) is 0 Å². The Morgan fingerprint density at radius 3 is 2.54 bits per heavy atom. The molecule has 0 saturated heterocycles. The fraction of sp³-hybridized carbons (Fsp3) is 0.318. The summed E-state index contributed by atoms with van der Waals surface area (Å²) < 4.78 is 5.49. The molecule has 6 heteroatoms. The van der Waals surface area contributed by atoms with Crippen LogP contribution < -0.4 is 4.74 Å². The standard InChI is InChI=1S/C22H24N2O4/c1-15-10-12-16(13-11-15)18-14-19(17-6-3-4-7-20(17)28-2)24(23-18)21(25)8-5-9-22(26)27/h3-4,6-7,10-13,19H,5,8-9,14H2,1-2H3,(H,26,27)/t19-/m0/s1. The van der Waals surface area contributed by atoms with Crippen LogP contribution in [0.3, 0.4) is 0 Å². The first-order valence-electron chi connectivity index (χ1n) is 9.31. The number of carboxylic acids is 1. The molecule has 0 saturated carbocycles. The van der Waals surface area contributed by atoms with Crippen molar-refractivity contribution >= 4 is 17.6 Å². The second kappa shape index (κ2) is 8.69. The molecule has 0 unspecified atom stereocenters. The van der Waals surface area contributed by atoms with E-state index in [1.165, 1.54) is 5.01 Å². The number of aryl methyl sites for hydroxylation is 1. The van der Waals surface area contributed by atoms with E-state index in [4.69, 9.17) is 9.84 Å². The van der Waals surface area contributed by atoms with Gasteiger partial charge in [0.1, 0.15) is 5.75 Å². The first kappa shape index (κ1) is 19.6. The molecule has 2 aromatic carbocycles. The van der Waals surface area contributed by atoms with Crippen LogP contribution in [0.1, 0.15) is 48.4 Å². The van der Waals surface area contributed by atoms with Crippen molar-refractivity contribution < 1.29 is 19.4 Å². The molecule has 0 radical (unpaired) electrons. The van der Waals surface area contributed by atoms with Crippen molar-refractivity contribution in [3.8, 4) is 5.75 Å². The Hall–Kier alpha value is -3.15.